The van der Waals surface area contributed by atoms with E-state index in [-0.39, 0.29) is 30.1 Å². The summed E-state index contributed by atoms with van der Waals surface area (Å²) in [6.07, 6.45) is 4.45. The number of aromatic nitrogens is 3. The summed E-state index contributed by atoms with van der Waals surface area (Å²) in [7, 11) is 0. The van der Waals surface area contributed by atoms with Crippen LogP contribution in [-0.2, 0) is 4.79 Å². The summed E-state index contributed by atoms with van der Waals surface area (Å²) >= 11 is 5.92. The van der Waals surface area contributed by atoms with E-state index in [9.17, 15) is 14.0 Å². The van der Waals surface area contributed by atoms with Gasteiger partial charge in [0.25, 0.3) is 5.91 Å². The normalized spacial score (nSPS) is 14.2. The van der Waals surface area contributed by atoms with Gasteiger partial charge in [-0.3, -0.25) is 19.7 Å². The van der Waals surface area contributed by atoms with E-state index in [0.29, 0.717) is 48.0 Å². The summed E-state index contributed by atoms with van der Waals surface area (Å²) < 4.78 is 19.3. The van der Waals surface area contributed by atoms with Crippen LogP contribution in [0.5, 0.6) is 5.75 Å². The van der Waals surface area contributed by atoms with E-state index in [0.717, 1.165) is 0 Å². The van der Waals surface area contributed by atoms with Crippen LogP contribution in [0.15, 0.2) is 48.8 Å². The van der Waals surface area contributed by atoms with Gasteiger partial charge in [-0.25, -0.2) is 4.39 Å². The van der Waals surface area contributed by atoms with E-state index in [2.05, 4.69) is 20.5 Å². The maximum absolute atomic E-state index is 13.4. The van der Waals surface area contributed by atoms with Gasteiger partial charge in [0.1, 0.15) is 17.7 Å². The SMILES string of the molecule is O=C(NCC(=O)N1CCC(Oc2cncc(Cl)c2)CC1)c1cc(-c2cccc(F)c2)[nH]n1. The Bertz CT molecular complexity index is 1110. The molecule has 1 aliphatic heterocycles. The smallest absolute Gasteiger partial charge is 0.272 e. The molecule has 32 heavy (non-hydrogen) atoms. The highest BCUT2D eigenvalue weighted by atomic mass is 35.5. The van der Waals surface area contributed by atoms with Gasteiger partial charge in [0.15, 0.2) is 5.69 Å². The Morgan fingerprint density at radius 1 is 1.22 bits per heavy atom. The zero-order valence-corrected chi connectivity index (χ0v) is 17.8. The standard InChI is InChI=1S/C22H21ClFN5O3/c23-15-9-18(12-25-11-15)32-17-4-6-29(7-5-17)21(30)13-26-22(31)20-10-19(27-28-20)14-2-1-3-16(24)8-14/h1-3,8-12,17H,4-7,13H2,(H,26,31)(H,27,28). The van der Waals surface area contributed by atoms with Gasteiger partial charge in [-0.15, -0.1) is 0 Å². The number of ether oxygens (including phenoxy) is 1. The molecule has 0 aliphatic carbocycles. The van der Waals surface area contributed by atoms with Crippen LogP contribution in [0, 0.1) is 5.82 Å². The van der Waals surface area contributed by atoms with E-state index in [1.54, 1.807) is 29.3 Å². The predicted molar refractivity (Wildman–Crippen MR) is 116 cm³/mol. The lowest BCUT2D eigenvalue weighted by atomic mass is 10.1. The minimum absolute atomic E-state index is 0.0285. The number of carbonyl (C=O) groups is 2. The average molecular weight is 458 g/mol. The summed E-state index contributed by atoms with van der Waals surface area (Å²) in [5, 5.41) is 9.76. The highest BCUT2D eigenvalue weighted by molar-refractivity contribution is 6.30. The third-order valence-corrected chi connectivity index (χ3v) is 5.33. The first-order chi connectivity index (χ1) is 15.5. The van der Waals surface area contributed by atoms with Gasteiger partial charge in [-0.1, -0.05) is 23.7 Å². The number of benzene rings is 1. The molecular formula is C22H21ClFN5O3. The number of nitrogens with one attached hydrogen (secondary N) is 2. The molecule has 0 bridgehead atoms. The molecule has 2 amide bonds. The molecule has 0 spiro atoms. The molecule has 0 saturated carbocycles. The van der Waals surface area contributed by atoms with E-state index in [1.165, 1.54) is 24.4 Å². The highest BCUT2D eigenvalue weighted by Crippen LogP contribution is 2.21. The molecule has 1 aromatic carbocycles. The van der Waals surface area contributed by atoms with Crippen LogP contribution in [0.25, 0.3) is 11.3 Å². The molecule has 0 atom stereocenters. The van der Waals surface area contributed by atoms with Crippen molar-refractivity contribution in [1.82, 2.24) is 25.4 Å². The van der Waals surface area contributed by atoms with Crippen LogP contribution in [0.1, 0.15) is 23.3 Å². The first-order valence-corrected chi connectivity index (χ1v) is 10.5. The Kier molecular flexibility index (Phi) is 6.65. The van der Waals surface area contributed by atoms with Crippen LogP contribution in [0.2, 0.25) is 5.02 Å². The lowest BCUT2D eigenvalue weighted by molar-refractivity contribution is -0.131. The Morgan fingerprint density at radius 3 is 2.78 bits per heavy atom. The number of H-pyrrole nitrogens is 1. The number of aromatic amines is 1. The summed E-state index contributed by atoms with van der Waals surface area (Å²) in [6.45, 7) is 0.920. The van der Waals surface area contributed by atoms with Crippen molar-refractivity contribution in [2.24, 2.45) is 0 Å². The minimum Gasteiger partial charge on any atom is -0.489 e. The Labute approximate surface area is 188 Å². The second-order valence-corrected chi connectivity index (χ2v) is 7.83. The van der Waals surface area contributed by atoms with Gasteiger partial charge in [0, 0.05) is 43.8 Å². The molecule has 4 rings (SSSR count). The van der Waals surface area contributed by atoms with Gasteiger partial charge in [0.2, 0.25) is 5.91 Å². The zero-order chi connectivity index (χ0) is 22.5. The van der Waals surface area contributed by atoms with Crippen LogP contribution in [-0.4, -0.2) is 57.6 Å². The summed E-state index contributed by atoms with van der Waals surface area (Å²) in [4.78, 5) is 30.5. The van der Waals surface area contributed by atoms with E-state index in [1.807, 2.05) is 0 Å². The molecule has 10 heteroatoms. The van der Waals surface area contributed by atoms with Crippen molar-refractivity contribution in [2.75, 3.05) is 19.6 Å². The van der Waals surface area contributed by atoms with Gasteiger partial charge >= 0.3 is 0 Å². The molecule has 8 nitrogen and oxygen atoms in total. The van der Waals surface area contributed by atoms with Gasteiger partial charge in [-0.05, 0) is 18.2 Å². The minimum atomic E-state index is -0.482. The van der Waals surface area contributed by atoms with Gasteiger partial charge in [0.05, 0.1) is 23.5 Å². The lowest BCUT2D eigenvalue weighted by Gasteiger charge is -2.32. The van der Waals surface area contributed by atoms with Crippen molar-refractivity contribution < 1.29 is 18.7 Å². The molecule has 0 unspecified atom stereocenters. The maximum atomic E-state index is 13.4. The molecule has 3 heterocycles. The molecule has 1 saturated heterocycles. The van der Waals surface area contributed by atoms with Crippen molar-refractivity contribution >= 4 is 23.4 Å². The molecule has 166 valence electrons. The zero-order valence-electron chi connectivity index (χ0n) is 17.1. The topological polar surface area (TPSA) is 100 Å². The van der Waals surface area contributed by atoms with E-state index < -0.39 is 5.91 Å². The molecular weight excluding hydrogens is 437 g/mol. The monoisotopic (exact) mass is 457 g/mol. The maximum Gasteiger partial charge on any atom is 0.272 e. The fourth-order valence-corrected chi connectivity index (χ4v) is 3.64. The lowest BCUT2D eigenvalue weighted by Crippen LogP contribution is -2.46. The average Bonchev–Trinajstić information content (AvgIpc) is 3.28. The number of likely N-dealkylation sites (tertiary alicyclic amines) is 1. The first-order valence-electron chi connectivity index (χ1n) is 10.1. The van der Waals surface area contributed by atoms with Crippen molar-refractivity contribution in [3.05, 3.63) is 65.3 Å². The third kappa shape index (κ3) is 5.42. The quantitative estimate of drug-likeness (QED) is 0.592. The number of hydrogen-bond acceptors (Lipinski definition) is 5. The summed E-state index contributed by atoms with van der Waals surface area (Å²) in [5.41, 5.74) is 1.21. The van der Waals surface area contributed by atoms with E-state index in [4.69, 9.17) is 16.3 Å². The summed E-state index contributed by atoms with van der Waals surface area (Å²) in [5.74, 6) is -0.440. The van der Waals surface area contributed by atoms with Crippen LogP contribution < -0.4 is 10.1 Å². The number of carbonyl (C=O) groups excluding carboxylic acids is 2. The highest BCUT2D eigenvalue weighted by Gasteiger charge is 2.24. The second kappa shape index (κ2) is 9.78. The summed E-state index contributed by atoms with van der Waals surface area (Å²) in [6, 6.07) is 9.18. The van der Waals surface area contributed by atoms with Crippen molar-refractivity contribution in [3.8, 4) is 17.0 Å². The molecule has 2 N–H and O–H groups in total. The van der Waals surface area contributed by atoms with E-state index >= 15 is 0 Å². The Morgan fingerprint density at radius 2 is 2.03 bits per heavy atom. The number of hydrogen-bond donors (Lipinski definition) is 2. The van der Waals surface area contributed by atoms with Crippen LogP contribution >= 0.6 is 11.6 Å². The fourth-order valence-electron chi connectivity index (χ4n) is 3.47. The molecule has 0 radical (unpaired) electrons. The largest absolute Gasteiger partial charge is 0.489 e. The van der Waals surface area contributed by atoms with Crippen LogP contribution in [0.3, 0.4) is 0 Å². The van der Waals surface area contributed by atoms with Crippen molar-refractivity contribution in [1.29, 1.82) is 0 Å². The number of rotatable bonds is 6. The van der Waals surface area contributed by atoms with Gasteiger partial charge < -0.3 is 15.0 Å². The number of halogens is 2. The van der Waals surface area contributed by atoms with Gasteiger partial charge in [-0.2, -0.15) is 5.10 Å². The predicted octanol–water partition coefficient (Wildman–Crippen LogP) is 3.06. The number of piperidine rings is 1. The van der Waals surface area contributed by atoms with Crippen molar-refractivity contribution in [2.45, 2.75) is 18.9 Å². The second-order valence-electron chi connectivity index (χ2n) is 7.40. The number of amides is 2. The molecule has 3 aromatic rings. The third-order valence-electron chi connectivity index (χ3n) is 5.12. The fraction of sp³-hybridized carbons (Fsp3) is 0.273. The molecule has 1 aliphatic rings. The Hall–Kier alpha value is -3.46. The molecule has 1 fully saturated rings. The number of nitrogens with zero attached hydrogens (tertiary/aromatic N) is 3. The number of pyridine rings is 1. The van der Waals surface area contributed by atoms with Crippen LogP contribution in [0.4, 0.5) is 4.39 Å². The van der Waals surface area contributed by atoms with Crippen molar-refractivity contribution in [3.63, 3.8) is 0 Å². The Balaban J connectivity index is 1.24. The molecule has 2 aromatic heterocycles. The first kappa shape index (κ1) is 21.8.